The first-order chi connectivity index (χ1) is 17.5. The summed E-state index contributed by atoms with van der Waals surface area (Å²) in [4.78, 5) is 33.6. The van der Waals surface area contributed by atoms with Crippen LogP contribution in [0.25, 0.3) is 11.3 Å². The molecule has 0 saturated heterocycles. The van der Waals surface area contributed by atoms with Crippen LogP contribution in [0.15, 0.2) is 92.7 Å². The molecule has 4 rings (SSSR count). The summed E-state index contributed by atoms with van der Waals surface area (Å²) < 4.78 is 32.7. The third-order valence-electron chi connectivity index (χ3n) is 5.19. The highest BCUT2D eigenvalue weighted by Gasteiger charge is 2.18. The van der Waals surface area contributed by atoms with Crippen LogP contribution in [-0.4, -0.2) is 32.6 Å². The molecular formula is C22H16N6O8S. The lowest BCUT2D eigenvalue weighted by Crippen LogP contribution is -2.17. The molecule has 0 aliphatic rings. The Labute approximate surface area is 207 Å². The molecule has 1 heterocycles. The highest BCUT2D eigenvalue weighted by Crippen LogP contribution is 2.29. The van der Waals surface area contributed by atoms with E-state index in [0.717, 1.165) is 12.1 Å². The monoisotopic (exact) mass is 524 g/mol. The van der Waals surface area contributed by atoms with Crippen molar-refractivity contribution in [3.8, 4) is 11.3 Å². The van der Waals surface area contributed by atoms with Gasteiger partial charge in [-0.25, -0.2) is 4.68 Å². The van der Waals surface area contributed by atoms with E-state index in [1.165, 1.54) is 65.3 Å². The molecule has 0 radical (unpaired) electrons. The normalized spacial score (nSPS) is 11.6. The van der Waals surface area contributed by atoms with Crippen molar-refractivity contribution >= 4 is 32.9 Å². The Balaban J connectivity index is 1.74. The van der Waals surface area contributed by atoms with Crippen molar-refractivity contribution in [2.24, 2.45) is 10.2 Å². The van der Waals surface area contributed by atoms with Gasteiger partial charge in [-0.1, -0.05) is 12.1 Å². The number of azo groups is 1. The highest BCUT2D eigenvalue weighted by atomic mass is 32.2. The van der Waals surface area contributed by atoms with Crippen LogP contribution in [0.2, 0.25) is 0 Å². The Bertz CT molecular complexity index is 1670. The summed E-state index contributed by atoms with van der Waals surface area (Å²) in [6, 6.07) is 15.8. The lowest BCUT2D eigenvalue weighted by atomic mass is 10.1. The average molecular weight is 524 g/mol. The van der Waals surface area contributed by atoms with Crippen LogP contribution in [0.3, 0.4) is 0 Å². The van der Waals surface area contributed by atoms with Crippen molar-refractivity contribution in [1.29, 1.82) is 0 Å². The van der Waals surface area contributed by atoms with Crippen molar-refractivity contribution in [3.63, 3.8) is 0 Å². The van der Waals surface area contributed by atoms with Gasteiger partial charge in [0.05, 0.1) is 32.7 Å². The van der Waals surface area contributed by atoms with Crippen molar-refractivity contribution in [1.82, 2.24) is 9.78 Å². The molecule has 15 heteroatoms. The number of nitrogens with zero attached hydrogens (tertiary/aromatic N) is 5. The largest absolute Gasteiger partial charge is 0.295 e. The predicted molar refractivity (Wildman–Crippen MR) is 130 cm³/mol. The number of nitro benzene ring substituents is 2. The molecule has 37 heavy (non-hydrogen) atoms. The molecule has 3 aromatic carbocycles. The van der Waals surface area contributed by atoms with Crippen molar-refractivity contribution in [2.45, 2.75) is 11.4 Å². The third-order valence-corrected chi connectivity index (χ3v) is 6.05. The van der Waals surface area contributed by atoms with Gasteiger partial charge in [-0.2, -0.15) is 13.5 Å². The number of H-pyrrole nitrogens is 1. The Morgan fingerprint density at radius 1 is 0.838 bits per heavy atom. The van der Waals surface area contributed by atoms with Crippen LogP contribution in [0.4, 0.5) is 22.7 Å². The van der Waals surface area contributed by atoms with Gasteiger partial charge < -0.3 is 0 Å². The van der Waals surface area contributed by atoms with E-state index < -0.39 is 25.5 Å². The molecule has 0 fully saturated rings. The number of nitrogens with one attached hydrogen (secondary N) is 1. The van der Waals surface area contributed by atoms with E-state index in [2.05, 4.69) is 15.3 Å². The van der Waals surface area contributed by atoms with Crippen LogP contribution in [0.5, 0.6) is 0 Å². The summed E-state index contributed by atoms with van der Waals surface area (Å²) in [5, 5.41) is 32.8. The fourth-order valence-corrected chi connectivity index (χ4v) is 3.81. The predicted octanol–water partition coefficient (Wildman–Crippen LogP) is 4.37. The van der Waals surface area contributed by atoms with Gasteiger partial charge in [0.25, 0.3) is 27.1 Å². The lowest BCUT2D eigenvalue weighted by molar-refractivity contribution is -0.385. The van der Waals surface area contributed by atoms with Crippen molar-refractivity contribution < 1.29 is 22.8 Å². The summed E-state index contributed by atoms with van der Waals surface area (Å²) >= 11 is 0. The molecule has 0 atom stereocenters. The molecule has 0 unspecified atom stereocenters. The van der Waals surface area contributed by atoms with Gasteiger partial charge in [-0.3, -0.25) is 34.7 Å². The van der Waals surface area contributed by atoms with E-state index in [4.69, 9.17) is 4.55 Å². The Kier molecular flexibility index (Phi) is 6.73. The minimum absolute atomic E-state index is 0.00931. The first-order valence-electron chi connectivity index (χ1n) is 10.3. The quantitative estimate of drug-likeness (QED) is 0.146. The van der Waals surface area contributed by atoms with Gasteiger partial charge in [0.2, 0.25) is 0 Å². The Morgan fingerprint density at radius 3 is 1.89 bits per heavy atom. The third kappa shape index (κ3) is 5.63. The minimum Gasteiger partial charge on any atom is -0.292 e. The molecule has 0 bridgehead atoms. The van der Waals surface area contributed by atoms with Gasteiger partial charge in [0.1, 0.15) is 0 Å². The van der Waals surface area contributed by atoms with Gasteiger partial charge in [0, 0.05) is 29.8 Å². The van der Waals surface area contributed by atoms with Gasteiger partial charge in [0.15, 0.2) is 5.69 Å². The summed E-state index contributed by atoms with van der Waals surface area (Å²) in [7, 11) is -4.40. The summed E-state index contributed by atoms with van der Waals surface area (Å²) in [6.07, 6.45) is 0. The maximum atomic E-state index is 13.2. The van der Waals surface area contributed by atoms with Gasteiger partial charge in [-0.15, -0.1) is 5.11 Å². The van der Waals surface area contributed by atoms with Crippen molar-refractivity contribution in [2.75, 3.05) is 0 Å². The topological polar surface area (TPSA) is 203 Å². The Hall–Kier alpha value is -5.02. The maximum absolute atomic E-state index is 13.2. The average Bonchev–Trinajstić information content (AvgIpc) is 3.17. The van der Waals surface area contributed by atoms with E-state index in [1.54, 1.807) is 0 Å². The van der Waals surface area contributed by atoms with Crippen LogP contribution in [0, 0.1) is 20.2 Å². The summed E-state index contributed by atoms with van der Waals surface area (Å²) in [5.41, 5.74) is 0.390. The van der Waals surface area contributed by atoms with E-state index in [9.17, 15) is 33.4 Å². The van der Waals surface area contributed by atoms with E-state index in [1.807, 2.05) is 0 Å². The molecule has 2 N–H and O–H groups in total. The molecule has 0 aliphatic carbocycles. The zero-order chi connectivity index (χ0) is 26.7. The molecule has 4 aromatic rings. The number of aromatic nitrogens is 2. The van der Waals surface area contributed by atoms with Crippen LogP contribution in [0.1, 0.15) is 5.56 Å². The molecule has 1 aromatic heterocycles. The van der Waals surface area contributed by atoms with Crippen LogP contribution < -0.4 is 5.56 Å². The first kappa shape index (κ1) is 25.1. The number of non-ortho nitro benzene ring substituents is 2. The molecule has 0 aliphatic heterocycles. The van der Waals surface area contributed by atoms with Gasteiger partial charge in [-0.05, 0) is 42.0 Å². The molecule has 14 nitrogen and oxygen atoms in total. The Morgan fingerprint density at radius 2 is 1.38 bits per heavy atom. The number of rotatable bonds is 8. The van der Waals surface area contributed by atoms with Crippen LogP contribution in [-0.2, 0) is 16.7 Å². The van der Waals surface area contributed by atoms with Crippen LogP contribution >= 0.6 is 0 Å². The molecular weight excluding hydrogens is 508 g/mol. The smallest absolute Gasteiger partial charge is 0.292 e. The van der Waals surface area contributed by atoms with E-state index in [-0.39, 0.29) is 39.9 Å². The number of hydrogen-bond donors (Lipinski definition) is 2. The first-order valence-corrected chi connectivity index (χ1v) is 11.8. The molecule has 0 saturated carbocycles. The minimum atomic E-state index is -4.40. The van der Waals surface area contributed by atoms with E-state index >= 15 is 0 Å². The molecule has 188 valence electrons. The number of benzene rings is 3. The molecule has 0 spiro atoms. The zero-order valence-corrected chi connectivity index (χ0v) is 19.4. The zero-order valence-electron chi connectivity index (χ0n) is 18.6. The standard InChI is InChI=1S/C22H16N6O8S/c29-22-21(24-23-16-5-11-19(12-6-16)37(34,35)36)20(15-3-9-18(10-4-15)28(32)33)25-26(22)13-14-1-7-17(8-2-14)27(30)31/h1-12,25H,13H2,(H,34,35,36). The fourth-order valence-electron chi connectivity index (χ4n) is 3.33. The summed E-state index contributed by atoms with van der Waals surface area (Å²) in [5.74, 6) is 0. The van der Waals surface area contributed by atoms with Crippen molar-refractivity contribution in [3.05, 3.63) is 109 Å². The number of aromatic amines is 1. The second-order valence-electron chi connectivity index (χ2n) is 7.62. The fraction of sp³-hybridized carbons (Fsp3) is 0.0455. The van der Waals surface area contributed by atoms with Gasteiger partial charge >= 0.3 is 0 Å². The second-order valence-corrected chi connectivity index (χ2v) is 9.04. The SMILES string of the molecule is O=c1c(N=Nc2ccc(S(=O)(=O)O)cc2)c(-c2ccc([N+](=O)[O-])cc2)[nH]n1Cc1ccc([N+](=O)[O-])cc1. The lowest BCUT2D eigenvalue weighted by Gasteiger charge is -2.03. The van der Waals surface area contributed by atoms with E-state index in [0.29, 0.717) is 11.1 Å². The second kappa shape index (κ2) is 9.92. The number of nitro groups is 2. The maximum Gasteiger partial charge on any atom is 0.295 e. The highest BCUT2D eigenvalue weighted by molar-refractivity contribution is 7.85. The molecule has 0 amide bonds. The number of hydrogen-bond acceptors (Lipinski definition) is 9. The summed E-state index contributed by atoms with van der Waals surface area (Å²) in [6.45, 7) is 0.00931.